The zero-order chi connectivity index (χ0) is 22.4. The highest BCUT2D eigenvalue weighted by molar-refractivity contribution is 7.89. The zero-order valence-electron chi connectivity index (χ0n) is 17.7. The molecule has 0 radical (unpaired) electrons. The average molecular weight is 450 g/mol. The van der Waals surface area contributed by atoms with Crippen LogP contribution in [0.5, 0.6) is 0 Å². The van der Waals surface area contributed by atoms with Gasteiger partial charge in [-0.15, -0.1) is 0 Å². The number of halogens is 1. The van der Waals surface area contributed by atoms with Crippen molar-refractivity contribution in [2.45, 2.75) is 29.9 Å². The third-order valence-corrected chi connectivity index (χ3v) is 6.67. The molecule has 1 amide bonds. The van der Waals surface area contributed by atoms with Crippen LogP contribution in [0.1, 0.15) is 34.8 Å². The van der Waals surface area contributed by atoms with Gasteiger partial charge in [-0.2, -0.15) is 0 Å². The number of ether oxygens (including phenoxy) is 1. The van der Waals surface area contributed by atoms with Gasteiger partial charge in [0.05, 0.1) is 17.0 Å². The molecule has 1 aliphatic rings. The summed E-state index contributed by atoms with van der Waals surface area (Å²) in [6.45, 7) is 1.09. The highest BCUT2D eigenvalue weighted by Crippen LogP contribution is 2.19. The molecule has 1 fully saturated rings. The molecule has 2 atom stereocenters. The topological polar surface area (TPSA) is 87.7 Å². The number of nitrogens with zero attached hydrogens (tertiary/aromatic N) is 1. The van der Waals surface area contributed by atoms with Crippen LogP contribution >= 0.6 is 0 Å². The lowest BCUT2D eigenvalue weighted by Crippen LogP contribution is -2.35. The SMILES string of the molecule is CN(C)C(CNC(=O)c1cccc(S(=O)(=O)NCC2CCCO2)c1)c1cccc(F)c1. The van der Waals surface area contributed by atoms with Crippen LogP contribution in [0.4, 0.5) is 4.39 Å². The third kappa shape index (κ3) is 6.33. The number of hydrogen-bond donors (Lipinski definition) is 2. The first-order chi connectivity index (χ1) is 14.8. The fraction of sp³-hybridized carbons (Fsp3) is 0.409. The number of carbonyl (C=O) groups excluding carboxylic acids is 1. The predicted octanol–water partition coefficient (Wildman–Crippen LogP) is 2.32. The van der Waals surface area contributed by atoms with Crippen molar-refractivity contribution < 1.29 is 22.3 Å². The maximum atomic E-state index is 13.6. The monoisotopic (exact) mass is 449 g/mol. The number of sulfonamides is 1. The summed E-state index contributed by atoms with van der Waals surface area (Å²) in [5.41, 5.74) is 0.969. The molecule has 1 aliphatic heterocycles. The van der Waals surface area contributed by atoms with E-state index in [1.807, 2.05) is 19.0 Å². The fourth-order valence-corrected chi connectivity index (χ4v) is 4.61. The van der Waals surface area contributed by atoms with E-state index in [9.17, 15) is 17.6 Å². The minimum absolute atomic E-state index is 0.0208. The van der Waals surface area contributed by atoms with Crippen molar-refractivity contribution in [2.24, 2.45) is 0 Å². The van der Waals surface area contributed by atoms with Gasteiger partial charge in [-0.05, 0) is 62.8 Å². The number of carbonyl (C=O) groups is 1. The molecule has 0 bridgehead atoms. The Hall–Kier alpha value is -2.33. The third-order valence-electron chi connectivity index (χ3n) is 5.24. The second-order valence-electron chi connectivity index (χ2n) is 7.76. The number of amides is 1. The van der Waals surface area contributed by atoms with Crippen LogP contribution in [0.2, 0.25) is 0 Å². The van der Waals surface area contributed by atoms with Crippen LogP contribution in [-0.4, -0.2) is 59.1 Å². The van der Waals surface area contributed by atoms with Gasteiger partial charge in [0.2, 0.25) is 10.0 Å². The van der Waals surface area contributed by atoms with Crippen molar-refractivity contribution in [3.63, 3.8) is 0 Å². The Bertz CT molecular complexity index is 1010. The minimum atomic E-state index is -3.76. The van der Waals surface area contributed by atoms with Crippen molar-refractivity contribution in [3.8, 4) is 0 Å². The van der Waals surface area contributed by atoms with Crippen molar-refractivity contribution >= 4 is 15.9 Å². The van der Waals surface area contributed by atoms with Crippen molar-refractivity contribution in [3.05, 3.63) is 65.5 Å². The maximum Gasteiger partial charge on any atom is 0.251 e. The van der Waals surface area contributed by atoms with E-state index in [4.69, 9.17) is 4.74 Å². The summed E-state index contributed by atoms with van der Waals surface area (Å²) in [5, 5.41) is 2.82. The molecule has 2 N–H and O–H groups in total. The van der Waals surface area contributed by atoms with E-state index < -0.39 is 15.9 Å². The normalized spacial score (nSPS) is 17.6. The Kier molecular flexibility index (Phi) is 7.77. The number of rotatable bonds is 9. The lowest BCUT2D eigenvalue weighted by molar-refractivity contribution is 0.0941. The van der Waals surface area contributed by atoms with Gasteiger partial charge in [-0.25, -0.2) is 17.5 Å². The summed E-state index contributed by atoms with van der Waals surface area (Å²) in [6, 6.07) is 11.9. The number of benzene rings is 2. The molecule has 7 nitrogen and oxygen atoms in total. The Labute approximate surface area is 182 Å². The highest BCUT2D eigenvalue weighted by atomic mass is 32.2. The molecule has 0 spiro atoms. The van der Waals surface area contributed by atoms with Crippen LogP contribution in [0.15, 0.2) is 53.4 Å². The van der Waals surface area contributed by atoms with Gasteiger partial charge >= 0.3 is 0 Å². The molecule has 0 aromatic heterocycles. The molecule has 168 valence electrons. The van der Waals surface area contributed by atoms with Gasteiger partial charge in [0, 0.05) is 25.3 Å². The number of likely N-dealkylation sites (N-methyl/N-ethyl adjacent to an activating group) is 1. The van der Waals surface area contributed by atoms with Crippen LogP contribution in [0.3, 0.4) is 0 Å². The van der Waals surface area contributed by atoms with Crippen molar-refractivity contribution in [2.75, 3.05) is 33.8 Å². The van der Waals surface area contributed by atoms with Gasteiger partial charge in [-0.1, -0.05) is 18.2 Å². The molecule has 2 unspecified atom stereocenters. The van der Waals surface area contributed by atoms with E-state index in [0.717, 1.165) is 18.4 Å². The molecule has 31 heavy (non-hydrogen) atoms. The largest absolute Gasteiger partial charge is 0.377 e. The van der Waals surface area contributed by atoms with Crippen LogP contribution in [0.25, 0.3) is 0 Å². The molecule has 1 saturated heterocycles. The van der Waals surface area contributed by atoms with Crippen molar-refractivity contribution in [1.29, 1.82) is 0 Å². The van der Waals surface area contributed by atoms with Gasteiger partial charge in [-0.3, -0.25) is 4.79 Å². The number of nitrogens with one attached hydrogen (secondary N) is 2. The van der Waals surface area contributed by atoms with Crippen molar-refractivity contribution in [1.82, 2.24) is 14.9 Å². The number of hydrogen-bond acceptors (Lipinski definition) is 5. The average Bonchev–Trinajstić information content (AvgIpc) is 3.26. The quantitative estimate of drug-likeness (QED) is 0.614. The summed E-state index contributed by atoms with van der Waals surface area (Å²) in [5.74, 6) is -0.747. The molecule has 2 aromatic carbocycles. The van der Waals surface area contributed by atoms with E-state index >= 15 is 0 Å². The Morgan fingerprint density at radius 2 is 2.00 bits per heavy atom. The molecule has 1 heterocycles. The van der Waals surface area contributed by atoms with E-state index in [1.165, 1.54) is 30.3 Å². The molecule has 3 rings (SSSR count). The van der Waals surface area contributed by atoms with Gasteiger partial charge in [0.25, 0.3) is 5.91 Å². The Morgan fingerprint density at radius 1 is 1.23 bits per heavy atom. The first-order valence-electron chi connectivity index (χ1n) is 10.2. The molecule has 0 saturated carbocycles. The highest BCUT2D eigenvalue weighted by Gasteiger charge is 2.22. The van der Waals surface area contributed by atoms with Crippen LogP contribution < -0.4 is 10.0 Å². The smallest absolute Gasteiger partial charge is 0.251 e. The van der Waals surface area contributed by atoms with E-state index in [0.29, 0.717) is 6.61 Å². The molecular weight excluding hydrogens is 421 g/mol. The second kappa shape index (κ2) is 10.3. The van der Waals surface area contributed by atoms with Crippen LogP contribution in [-0.2, 0) is 14.8 Å². The molecule has 2 aromatic rings. The zero-order valence-corrected chi connectivity index (χ0v) is 18.5. The summed E-state index contributed by atoms with van der Waals surface area (Å²) in [6.07, 6.45) is 1.63. The van der Waals surface area contributed by atoms with E-state index in [1.54, 1.807) is 18.2 Å². The summed E-state index contributed by atoms with van der Waals surface area (Å²) in [4.78, 5) is 14.6. The Balaban J connectivity index is 1.66. The molecule has 9 heteroatoms. The second-order valence-corrected chi connectivity index (χ2v) is 9.53. The van der Waals surface area contributed by atoms with Crippen LogP contribution in [0, 0.1) is 5.82 Å². The lowest BCUT2D eigenvalue weighted by Gasteiger charge is -2.25. The van der Waals surface area contributed by atoms with Gasteiger partial charge in [0.1, 0.15) is 5.82 Å². The standard InChI is InChI=1S/C22H28FN3O4S/c1-26(2)21(16-6-3-8-18(23)12-16)15-24-22(27)17-7-4-10-20(13-17)31(28,29)25-14-19-9-5-11-30-19/h3-4,6-8,10,12-13,19,21,25H,5,9,11,14-15H2,1-2H3,(H,24,27). The molecular formula is C22H28FN3O4S. The first kappa shape index (κ1) is 23.3. The van der Waals surface area contributed by atoms with Gasteiger partial charge < -0.3 is 15.0 Å². The maximum absolute atomic E-state index is 13.6. The lowest BCUT2D eigenvalue weighted by atomic mass is 10.1. The van der Waals surface area contributed by atoms with Gasteiger partial charge in [0.15, 0.2) is 0 Å². The first-order valence-corrected chi connectivity index (χ1v) is 11.7. The van der Waals surface area contributed by atoms with E-state index in [-0.39, 0.29) is 41.5 Å². The fourth-order valence-electron chi connectivity index (χ4n) is 3.50. The molecule has 0 aliphatic carbocycles. The summed E-state index contributed by atoms with van der Waals surface area (Å²) in [7, 11) is -0.0723. The van der Waals surface area contributed by atoms with E-state index in [2.05, 4.69) is 10.0 Å². The summed E-state index contributed by atoms with van der Waals surface area (Å²) >= 11 is 0. The summed E-state index contributed by atoms with van der Waals surface area (Å²) < 4.78 is 46.8. The Morgan fingerprint density at radius 3 is 2.68 bits per heavy atom. The minimum Gasteiger partial charge on any atom is -0.377 e. The predicted molar refractivity (Wildman–Crippen MR) is 116 cm³/mol.